The van der Waals surface area contributed by atoms with Crippen LogP contribution in [0.3, 0.4) is 0 Å². The topological polar surface area (TPSA) is 58.0 Å². The zero-order valence-electron chi connectivity index (χ0n) is 11.4. The molecule has 2 N–H and O–H groups in total. The van der Waals surface area contributed by atoms with Gasteiger partial charge in [0.05, 0.1) is 0 Å². The molecular formula is C15H21N3O. The molecule has 0 spiro atoms. The van der Waals surface area contributed by atoms with Crippen LogP contribution in [0.5, 0.6) is 0 Å². The van der Waals surface area contributed by atoms with Crippen molar-refractivity contribution in [1.29, 1.82) is 0 Å². The zero-order valence-corrected chi connectivity index (χ0v) is 11.4. The van der Waals surface area contributed by atoms with Crippen LogP contribution in [0.25, 0.3) is 0 Å². The molecule has 0 radical (unpaired) electrons. The Balaban J connectivity index is 1.81. The number of hydrogen-bond donors (Lipinski definition) is 2. The highest BCUT2D eigenvalue weighted by atomic mass is 16.3. The molecule has 0 aromatic carbocycles. The molecular weight excluding hydrogens is 238 g/mol. The summed E-state index contributed by atoms with van der Waals surface area (Å²) in [5.41, 5.74) is 2.53. The predicted molar refractivity (Wildman–Crippen MR) is 75.2 cm³/mol. The lowest BCUT2D eigenvalue weighted by atomic mass is 9.96. The Hall–Kier alpha value is -1.42. The quantitative estimate of drug-likeness (QED) is 0.815. The standard InChI is InChI=1S/C15H21N3O/c1-10-16-14-5-3-2-4-13(14)15(17-10)18-12-7-6-11(8-12)9-19/h6-7,11-12,19H,2-5,8-9H2,1H3,(H,16,17,18)/t11-,12+/m0/s1. The summed E-state index contributed by atoms with van der Waals surface area (Å²) in [7, 11) is 0. The first kappa shape index (κ1) is 12.6. The number of hydrogen-bond acceptors (Lipinski definition) is 4. The molecule has 0 bridgehead atoms. The Bertz CT molecular complexity index is 498. The van der Waals surface area contributed by atoms with E-state index in [2.05, 4.69) is 27.4 Å². The van der Waals surface area contributed by atoms with Crippen molar-refractivity contribution >= 4 is 5.82 Å². The number of aliphatic hydroxyl groups is 1. The van der Waals surface area contributed by atoms with E-state index in [4.69, 9.17) is 0 Å². The first-order chi connectivity index (χ1) is 9.26. The Morgan fingerprint density at radius 1 is 1.26 bits per heavy atom. The van der Waals surface area contributed by atoms with E-state index < -0.39 is 0 Å². The third-order valence-corrected chi connectivity index (χ3v) is 4.02. The first-order valence-corrected chi connectivity index (χ1v) is 7.18. The molecule has 102 valence electrons. The molecule has 4 nitrogen and oxygen atoms in total. The molecule has 2 aliphatic rings. The zero-order chi connectivity index (χ0) is 13.2. The average Bonchev–Trinajstić information content (AvgIpc) is 2.86. The average molecular weight is 259 g/mol. The molecule has 0 aliphatic heterocycles. The summed E-state index contributed by atoms with van der Waals surface area (Å²) in [6.07, 6.45) is 9.82. The second-order valence-corrected chi connectivity index (χ2v) is 5.57. The predicted octanol–water partition coefficient (Wildman–Crippen LogP) is 2.01. The Labute approximate surface area is 114 Å². The van der Waals surface area contributed by atoms with Gasteiger partial charge in [-0.25, -0.2) is 9.97 Å². The molecule has 1 aromatic heterocycles. The number of aromatic nitrogens is 2. The monoisotopic (exact) mass is 259 g/mol. The maximum Gasteiger partial charge on any atom is 0.133 e. The lowest BCUT2D eigenvalue weighted by molar-refractivity contribution is 0.250. The molecule has 0 unspecified atom stereocenters. The second-order valence-electron chi connectivity index (χ2n) is 5.57. The van der Waals surface area contributed by atoms with Gasteiger partial charge in [0.15, 0.2) is 0 Å². The SMILES string of the molecule is Cc1nc2c(c(N[C@@H]3C=C[C@H](CO)C3)n1)CCCC2. The molecule has 0 saturated carbocycles. The van der Waals surface area contributed by atoms with Crippen LogP contribution >= 0.6 is 0 Å². The van der Waals surface area contributed by atoms with Gasteiger partial charge in [0, 0.05) is 29.8 Å². The van der Waals surface area contributed by atoms with Gasteiger partial charge in [0.1, 0.15) is 11.6 Å². The van der Waals surface area contributed by atoms with Crippen molar-refractivity contribution in [2.24, 2.45) is 5.92 Å². The highest BCUT2D eigenvalue weighted by Gasteiger charge is 2.22. The summed E-state index contributed by atoms with van der Waals surface area (Å²) in [4.78, 5) is 9.15. The summed E-state index contributed by atoms with van der Waals surface area (Å²) in [5, 5.41) is 12.7. The number of nitrogens with zero attached hydrogens (tertiary/aromatic N) is 2. The lowest BCUT2D eigenvalue weighted by Gasteiger charge is -2.21. The van der Waals surface area contributed by atoms with E-state index in [1.807, 2.05) is 6.92 Å². The number of anilines is 1. The fraction of sp³-hybridized carbons (Fsp3) is 0.600. The summed E-state index contributed by atoms with van der Waals surface area (Å²) in [6, 6.07) is 0.289. The van der Waals surface area contributed by atoms with Crippen LogP contribution in [0.2, 0.25) is 0 Å². The van der Waals surface area contributed by atoms with Gasteiger partial charge >= 0.3 is 0 Å². The Morgan fingerprint density at radius 3 is 2.89 bits per heavy atom. The van der Waals surface area contributed by atoms with Crippen molar-refractivity contribution in [2.45, 2.75) is 45.1 Å². The molecule has 0 amide bonds. The van der Waals surface area contributed by atoms with Gasteiger partial charge in [-0.05, 0) is 39.0 Å². The smallest absolute Gasteiger partial charge is 0.133 e. The second kappa shape index (κ2) is 5.29. The number of fused-ring (bicyclic) bond motifs is 1. The molecule has 0 fully saturated rings. The van der Waals surface area contributed by atoms with Crippen molar-refractivity contribution in [2.75, 3.05) is 11.9 Å². The molecule has 2 atom stereocenters. The highest BCUT2D eigenvalue weighted by Crippen LogP contribution is 2.28. The van der Waals surface area contributed by atoms with Gasteiger partial charge in [-0.2, -0.15) is 0 Å². The number of rotatable bonds is 3. The van der Waals surface area contributed by atoms with Crippen molar-refractivity contribution in [3.63, 3.8) is 0 Å². The van der Waals surface area contributed by atoms with Gasteiger partial charge in [-0.3, -0.25) is 0 Å². The maximum atomic E-state index is 9.18. The van der Waals surface area contributed by atoms with Gasteiger partial charge in [-0.15, -0.1) is 0 Å². The maximum absolute atomic E-state index is 9.18. The van der Waals surface area contributed by atoms with E-state index in [1.165, 1.54) is 24.1 Å². The van der Waals surface area contributed by atoms with Gasteiger partial charge in [0.2, 0.25) is 0 Å². The Morgan fingerprint density at radius 2 is 2.11 bits per heavy atom. The molecule has 1 aromatic rings. The van der Waals surface area contributed by atoms with E-state index in [1.54, 1.807) is 0 Å². The molecule has 19 heavy (non-hydrogen) atoms. The number of aryl methyl sites for hydroxylation is 2. The van der Waals surface area contributed by atoms with E-state index >= 15 is 0 Å². The molecule has 4 heteroatoms. The molecule has 1 heterocycles. The van der Waals surface area contributed by atoms with Crippen molar-refractivity contribution in [3.8, 4) is 0 Å². The van der Waals surface area contributed by atoms with Crippen LogP contribution in [0.1, 0.15) is 36.3 Å². The minimum Gasteiger partial charge on any atom is -0.396 e. The van der Waals surface area contributed by atoms with Crippen LogP contribution in [-0.2, 0) is 12.8 Å². The third-order valence-electron chi connectivity index (χ3n) is 4.02. The number of aliphatic hydroxyl groups excluding tert-OH is 1. The van der Waals surface area contributed by atoms with Crippen LogP contribution < -0.4 is 5.32 Å². The van der Waals surface area contributed by atoms with Crippen molar-refractivity contribution in [1.82, 2.24) is 9.97 Å². The summed E-state index contributed by atoms with van der Waals surface area (Å²) < 4.78 is 0. The molecule has 3 rings (SSSR count). The minimum absolute atomic E-state index is 0.232. The minimum atomic E-state index is 0.232. The first-order valence-electron chi connectivity index (χ1n) is 7.18. The summed E-state index contributed by atoms with van der Waals surface area (Å²) >= 11 is 0. The molecule has 0 saturated heterocycles. The van der Waals surface area contributed by atoms with Crippen LogP contribution in [-0.4, -0.2) is 27.7 Å². The van der Waals surface area contributed by atoms with E-state index in [0.29, 0.717) is 0 Å². The van der Waals surface area contributed by atoms with E-state index in [0.717, 1.165) is 30.9 Å². The van der Waals surface area contributed by atoms with Crippen LogP contribution in [0.4, 0.5) is 5.82 Å². The van der Waals surface area contributed by atoms with Crippen LogP contribution in [0.15, 0.2) is 12.2 Å². The largest absolute Gasteiger partial charge is 0.396 e. The molecule has 2 aliphatic carbocycles. The number of nitrogens with one attached hydrogen (secondary N) is 1. The van der Waals surface area contributed by atoms with E-state index in [9.17, 15) is 5.11 Å². The van der Waals surface area contributed by atoms with Gasteiger partial charge in [0.25, 0.3) is 0 Å². The van der Waals surface area contributed by atoms with Crippen molar-refractivity contribution < 1.29 is 5.11 Å². The Kier molecular flexibility index (Phi) is 3.51. The van der Waals surface area contributed by atoms with E-state index in [-0.39, 0.29) is 18.6 Å². The van der Waals surface area contributed by atoms with Crippen molar-refractivity contribution in [3.05, 3.63) is 29.2 Å². The highest BCUT2D eigenvalue weighted by molar-refractivity contribution is 5.49. The fourth-order valence-corrected chi connectivity index (χ4v) is 3.03. The normalized spacial score (nSPS) is 25.4. The van der Waals surface area contributed by atoms with Gasteiger partial charge in [-0.1, -0.05) is 12.2 Å². The summed E-state index contributed by atoms with van der Waals surface area (Å²) in [6.45, 7) is 2.19. The lowest BCUT2D eigenvalue weighted by Crippen LogP contribution is -2.21. The fourth-order valence-electron chi connectivity index (χ4n) is 3.03. The summed E-state index contributed by atoms with van der Waals surface area (Å²) in [5.74, 6) is 2.15. The van der Waals surface area contributed by atoms with Gasteiger partial charge < -0.3 is 10.4 Å². The van der Waals surface area contributed by atoms with Crippen LogP contribution in [0, 0.1) is 12.8 Å². The third kappa shape index (κ3) is 2.63.